The van der Waals surface area contributed by atoms with E-state index in [1.807, 2.05) is 13.0 Å². The van der Waals surface area contributed by atoms with Crippen LogP contribution in [0.5, 0.6) is 17.2 Å². The number of ether oxygens (including phenoxy) is 3. The van der Waals surface area contributed by atoms with Gasteiger partial charge in [0.25, 0.3) is 5.91 Å². The van der Waals surface area contributed by atoms with E-state index < -0.39 is 6.10 Å². The van der Waals surface area contributed by atoms with E-state index in [-0.39, 0.29) is 11.9 Å². The Morgan fingerprint density at radius 3 is 2.40 bits per heavy atom. The van der Waals surface area contributed by atoms with Crippen molar-refractivity contribution in [3.05, 3.63) is 53.1 Å². The lowest BCUT2D eigenvalue weighted by molar-refractivity contribution is -0.127. The number of rotatable bonds is 7. The molecule has 0 saturated heterocycles. The zero-order chi connectivity index (χ0) is 18.4. The number of amides is 1. The third kappa shape index (κ3) is 4.79. The van der Waals surface area contributed by atoms with Crippen molar-refractivity contribution in [1.82, 2.24) is 5.32 Å². The summed E-state index contributed by atoms with van der Waals surface area (Å²) in [5, 5.41) is 3.38. The van der Waals surface area contributed by atoms with E-state index in [1.165, 1.54) is 0 Å². The van der Waals surface area contributed by atoms with Crippen molar-refractivity contribution >= 4 is 17.5 Å². The normalized spacial score (nSPS) is 12.8. The monoisotopic (exact) mass is 363 g/mol. The molecule has 0 unspecified atom stereocenters. The lowest BCUT2D eigenvalue weighted by Crippen LogP contribution is -2.37. The van der Waals surface area contributed by atoms with Crippen LogP contribution in [0, 0.1) is 0 Å². The first-order chi connectivity index (χ1) is 12.0. The molecule has 2 rings (SSSR count). The summed E-state index contributed by atoms with van der Waals surface area (Å²) >= 11 is 6.06. The minimum Gasteiger partial charge on any atom is -0.497 e. The molecule has 0 aliphatic heterocycles. The van der Waals surface area contributed by atoms with Crippen LogP contribution >= 0.6 is 11.6 Å². The highest BCUT2D eigenvalue weighted by atomic mass is 35.5. The average Bonchev–Trinajstić information content (AvgIpc) is 2.62. The number of halogens is 1. The van der Waals surface area contributed by atoms with Gasteiger partial charge in [-0.2, -0.15) is 0 Å². The summed E-state index contributed by atoms with van der Waals surface area (Å²) in [6.07, 6.45) is -0.695. The van der Waals surface area contributed by atoms with Crippen LogP contribution < -0.4 is 19.5 Å². The van der Waals surface area contributed by atoms with Gasteiger partial charge in [0.05, 0.1) is 25.3 Å². The minimum absolute atomic E-state index is 0.253. The van der Waals surface area contributed by atoms with Gasteiger partial charge in [0.1, 0.15) is 17.2 Å². The molecule has 0 aromatic heterocycles. The van der Waals surface area contributed by atoms with Gasteiger partial charge in [0.2, 0.25) is 0 Å². The second kappa shape index (κ2) is 8.62. The molecular formula is C19H22ClNO4. The number of benzene rings is 2. The molecule has 0 spiro atoms. The summed E-state index contributed by atoms with van der Waals surface area (Å²) in [5.74, 6) is 1.58. The molecule has 2 aromatic rings. The molecule has 0 aliphatic carbocycles. The highest BCUT2D eigenvalue weighted by Gasteiger charge is 2.20. The zero-order valence-electron chi connectivity index (χ0n) is 14.7. The van der Waals surface area contributed by atoms with E-state index in [1.54, 1.807) is 57.5 Å². The standard InChI is InChI=1S/C19H22ClNO4/c1-12(15-11-14(23-3)9-10-17(15)24-4)21-19(22)13(2)25-18-8-6-5-7-16(18)20/h5-13H,1-4H3,(H,21,22)/t12-,13+/m1/s1. The van der Waals surface area contributed by atoms with Crippen molar-refractivity contribution in [1.29, 1.82) is 0 Å². The predicted octanol–water partition coefficient (Wildman–Crippen LogP) is 4.00. The lowest BCUT2D eigenvalue weighted by atomic mass is 10.1. The van der Waals surface area contributed by atoms with Gasteiger partial charge in [-0.25, -0.2) is 0 Å². The number of hydrogen-bond acceptors (Lipinski definition) is 4. The van der Waals surface area contributed by atoms with Crippen molar-refractivity contribution in [2.75, 3.05) is 14.2 Å². The summed E-state index contributed by atoms with van der Waals surface area (Å²) in [5.41, 5.74) is 0.820. The maximum absolute atomic E-state index is 12.4. The number of carbonyl (C=O) groups is 1. The smallest absolute Gasteiger partial charge is 0.261 e. The molecule has 25 heavy (non-hydrogen) atoms. The Bertz CT molecular complexity index is 735. The second-order valence-corrected chi connectivity index (χ2v) is 5.94. The predicted molar refractivity (Wildman–Crippen MR) is 97.6 cm³/mol. The van der Waals surface area contributed by atoms with Gasteiger partial charge in [0.15, 0.2) is 6.10 Å². The first kappa shape index (κ1) is 18.9. The molecule has 2 atom stereocenters. The summed E-state index contributed by atoms with van der Waals surface area (Å²) in [6, 6.07) is 12.2. The van der Waals surface area contributed by atoms with E-state index in [4.69, 9.17) is 25.8 Å². The molecule has 1 amide bonds. The Morgan fingerprint density at radius 2 is 1.76 bits per heavy atom. The fraction of sp³-hybridized carbons (Fsp3) is 0.316. The number of hydrogen-bond donors (Lipinski definition) is 1. The molecule has 0 aliphatic rings. The van der Waals surface area contributed by atoms with E-state index >= 15 is 0 Å². The van der Waals surface area contributed by atoms with Gasteiger partial charge < -0.3 is 19.5 Å². The number of nitrogens with one attached hydrogen (secondary N) is 1. The van der Waals surface area contributed by atoms with Crippen LogP contribution in [-0.4, -0.2) is 26.2 Å². The molecule has 5 nitrogen and oxygen atoms in total. The van der Waals surface area contributed by atoms with Crippen molar-refractivity contribution in [3.63, 3.8) is 0 Å². The molecular weight excluding hydrogens is 342 g/mol. The minimum atomic E-state index is -0.695. The van der Waals surface area contributed by atoms with Crippen LogP contribution in [0.2, 0.25) is 5.02 Å². The van der Waals surface area contributed by atoms with E-state index in [2.05, 4.69) is 5.32 Å². The van der Waals surface area contributed by atoms with Gasteiger partial charge in [-0.1, -0.05) is 23.7 Å². The Hall–Kier alpha value is -2.40. The Labute approximate surface area is 152 Å². The molecule has 134 valence electrons. The fourth-order valence-corrected chi connectivity index (χ4v) is 2.55. The molecule has 1 N–H and O–H groups in total. The Kier molecular flexibility index (Phi) is 6.53. The van der Waals surface area contributed by atoms with Crippen LogP contribution in [-0.2, 0) is 4.79 Å². The second-order valence-electron chi connectivity index (χ2n) is 5.53. The molecule has 0 fully saturated rings. The van der Waals surface area contributed by atoms with Crippen molar-refractivity contribution < 1.29 is 19.0 Å². The van der Waals surface area contributed by atoms with Gasteiger partial charge in [-0.05, 0) is 44.2 Å². The fourth-order valence-electron chi connectivity index (χ4n) is 2.37. The summed E-state index contributed by atoms with van der Waals surface area (Å²) < 4.78 is 16.3. The summed E-state index contributed by atoms with van der Waals surface area (Å²) in [4.78, 5) is 12.4. The topological polar surface area (TPSA) is 56.8 Å². The quantitative estimate of drug-likeness (QED) is 0.807. The van der Waals surface area contributed by atoms with Gasteiger partial charge in [-0.3, -0.25) is 4.79 Å². The number of carbonyl (C=O) groups excluding carboxylic acids is 1. The number of para-hydroxylation sites is 1. The third-order valence-electron chi connectivity index (χ3n) is 3.77. The van der Waals surface area contributed by atoms with Gasteiger partial charge in [-0.15, -0.1) is 0 Å². The Balaban J connectivity index is 2.08. The molecule has 0 saturated carbocycles. The van der Waals surface area contributed by atoms with Gasteiger partial charge in [0, 0.05) is 5.56 Å². The van der Waals surface area contributed by atoms with Crippen molar-refractivity contribution in [2.45, 2.75) is 26.0 Å². The van der Waals surface area contributed by atoms with Crippen LogP contribution in [0.3, 0.4) is 0 Å². The zero-order valence-corrected chi connectivity index (χ0v) is 15.5. The number of methoxy groups -OCH3 is 2. The SMILES string of the molecule is COc1ccc(OC)c([C@@H](C)NC(=O)[C@H](C)Oc2ccccc2Cl)c1. The molecule has 0 radical (unpaired) electrons. The third-order valence-corrected chi connectivity index (χ3v) is 4.08. The Morgan fingerprint density at radius 1 is 1.04 bits per heavy atom. The van der Waals surface area contributed by atoms with Crippen LogP contribution in [0.4, 0.5) is 0 Å². The maximum atomic E-state index is 12.4. The molecule has 6 heteroatoms. The van der Waals surface area contributed by atoms with Crippen LogP contribution in [0.1, 0.15) is 25.5 Å². The van der Waals surface area contributed by atoms with Crippen molar-refractivity contribution in [3.8, 4) is 17.2 Å². The molecule has 0 bridgehead atoms. The summed E-state index contributed by atoms with van der Waals surface area (Å²) in [7, 11) is 3.18. The largest absolute Gasteiger partial charge is 0.497 e. The van der Waals surface area contributed by atoms with Crippen LogP contribution in [0.15, 0.2) is 42.5 Å². The van der Waals surface area contributed by atoms with E-state index in [0.29, 0.717) is 22.3 Å². The summed E-state index contributed by atoms with van der Waals surface area (Å²) in [6.45, 7) is 3.55. The van der Waals surface area contributed by atoms with Crippen molar-refractivity contribution in [2.24, 2.45) is 0 Å². The van der Waals surface area contributed by atoms with Gasteiger partial charge >= 0.3 is 0 Å². The molecule has 0 heterocycles. The van der Waals surface area contributed by atoms with E-state index in [0.717, 1.165) is 5.56 Å². The van der Waals surface area contributed by atoms with E-state index in [9.17, 15) is 4.79 Å². The highest BCUT2D eigenvalue weighted by Crippen LogP contribution is 2.29. The first-order valence-corrected chi connectivity index (χ1v) is 8.27. The average molecular weight is 364 g/mol. The maximum Gasteiger partial charge on any atom is 0.261 e. The first-order valence-electron chi connectivity index (χ1n) is 7.89. The highest BCUT2D eigenvalue weighted by molar-refractivity contribution is 6.32. The lowest BCUT2D eigenvalue weighted by Gasteiger charge is -2.21. The van der Waals surface area contributed by atoms with Crippen LogP contribution in [0.25, 0.3) is 0 Å². The molecule has 2 aromatic carbocycles.